The fourth-order valence-electron chi connectivity index (χ4n) is 3.39. The molecule has 0 bridgehead atoms. The molecule has 1 aliphatic rings. The Balaban J connectivity index is 1.51. The lowest BCUT2D eigenvalue weighted by atomic mass is 10.0. The Labute approximate surface area is 180 Å². The van der Waals surface area contributed by atoms with Gasteiger partial charge in [-0.1, -0.05) is 18.2 Å². The van der Waals surface area contributed by atoms with Crippen molar-refractivity contribution in [2.45, 2.75) is 32.6 Å². The molecular weight excluding hydrogens is 398 g/mol. The minimum atomic E-state index is -0.449. The van der Waals surface area contributed by atoms with Gasteiger partial charge in [-0.05, 0) is 48.2 Å². The van der Waals surface area contributed by atoms with Gasteiger partial charge in [0.25, 0.3) is 0 Å². The number of para-hydroxylation sites is 1. The Bertz CT molecular complexity index is 1000. The number of ether oxygens (including phenoxy) is 2. The van der Waals surface area contributed by atoms with Crippen molar-refractivity contribution >= 4 is 29.7 Å². The van der Waals surface area contributed by atoms with Crippen molar-refractivity contribution in [1.82, 2.24) is 5.43 Å². The number of hydrogen-bond acceptors (Lipinski definition) is 6. The van der Waals surface area contributed by atoms with Gasteiger partial charge in [0.2, 0.25) is 11.8 Å². The molecule has 1 heterocycles. The van der Waals surface area contributed by atoms with Gasteiger partial charge < -0.3 is 14.4 Å². The summed E-state index contributed by atoms with van der Waals surface area (Å²) in [6, 6.07) is 12.7. The Morgan fingerprint density at radius 2 is 1.94 bits per heavy atom. The van der Waals surface area contributed by atoms with Gasteiger partial charge in [-0.3, -0.25) is 14.4 Å². The highest BCUT2D eigenvalue weighted by atomic mass is 16.6. The number of nitrogens with zero attached hydrogens (tertiary/aromatic N) is 2. The fraction of sp³-hybridized carbons (Fsp3) is 0.304. The van der Waals surface area contributed by atoms with Gasteiger partial charge in [0, 0.05) is 32.0 Å². The minimum Gasteiger partial charge on any atom is -0.493 e. The van der Waals surface area contributed by atoms with Crippen LogP contribution >= 0.6 is 0 Å². The van der Waals surface area contributed by atoms with Crippen molar-refractivity contribution in [3.63, 3.8) is 0 Å². The summed E-state index contributed by atoms with van der Waals surface area (Å²) < 4.78 is 10.2. The number of fused-ring (bicyclic) bond motifs is 1. The van der Waals surface area contributed by atoms with Crippen molar-refractivity contribution in [1.29, 1.82) is 0 Å². The largest absolute Gasteiger partial charge is 0.493 e. The van der Waals surface area contributed by atoms with Crippen LogP contribution < -0.4 is 19.8 Å². The lowest BCUT2D eigenvalue weighted by Crippen LogP contribution is -2.36. The predicted molar refractivity (Wildman–Crippen MR) is 116 cm³/mol. The second kappa shape index (κ2) is 10.4. The molecule has 0 atom stereocenters. The number of benzene rings is 2. The molecule has 1 N–H and O–H groups in total. The van der Waals surface area contributed by atoms with Crippen molar-refractivity contribution in [2.24, 2.45) is 5.10 Å². The van der Waals surface area contributed by atoms with E-state index in [9.17, 15) is 14.4 Å². The van der Waals surface area contributed by atoms with Crippen molar-refractivity contribution < 1.29 is 23.9 Å². The topological polar surface area (TPSA) is 97.3 Å². The molecule has 0 spiro atoms. The Morgan fingerprint density at radius 1 is 1.13 bits per heavy atom. The molecule has 0 saturated carbocycles. The van der Waals surface area contributed by atoms with E-state index in [0.717, 1.165) is 24.1 Å². The van der Waals surface area contributed by atoms with Crippen LogP contribution in [-0.4, -0.2) is 37.7 Å². The zero-order valence-electron chi connectivity index (χ0n) is 17.6. The molecule has 2 aromatic carbocycles. The first-order valence-corrected chi connectivity index (χ1v) is 10.0. The average Bonchev–Trinajstić information content (AvgIpc) is 2.77. The minimum absolute atomic E-state index is 0.0452. The second-order valence-corrected chi connectivity index (χ2v) is 7.07. The van der Waals surface area contributed by atoms with Crippen LogP contribution in [0.2, 0.25) is 0 Å². The average molecular weight is 423 g/mol. The van der Waals surface area contributed by atoms with E-state index in [4.69, 9.17) is 9.47 Å². The number of carbonyl (C=O) groups excluding carboxylic acids is 3. The summed E-state index contributed by atoms with van der Waals surface area (Å²) in [5, 5.41) is 3.92. The van der Waals surface area contributed by atoms with Gasteiger partial charge in [0.15, 0.2) is 11.5 Å². The highest BCUT2D eigenvalue weighted by Gasteiger charge is 2.22. The molecule has 8 nitrogen and oxygen atoms in total. The SMILES string of the molecule is COc1cc(/C=N/NC(=O)CCC(=O)N2CCCc3ccccc32)ccc1OC(C)=O. The van der Waals surface area contributed by atoms with E-state index in [0.29, 0.717) is 23.6 Å². The Hall–Kier alpha value is -3.68. The molecular formula is C23H25N3O5. The van der Waals surface area contributed by atoms with Gasteiger partial charge in [-0.25, -0.2) is 5.43 Å². The molecule has 2 amide bonds. The number of rotatable bonds is 7. The number of aryl methyl sites for hydroxylation is 1. The van der Waals surface area contributed by atoms with Gasteiger partial charge in [0.05, 0.1) is 13.3 Å². The smallest absolute Gasteiger partial charge is 0.308 e. The highest BCUT2D eigenvalue weighted by Crippen LogP contribution is 2.28. The normalized spacial score (nSPS) is 12.9. The first-order valence-electron chi connectivity index (χ1n) is 10.0. The maximum atomic E-state index is 12.6. The van der Waals surface area contributed by atoms with E-state index in [-0.39, 0.29) is 24.7 Å². The van der Waals surface area contributed by atoms with Crippen LogP contribution in [0.15, 0.2) is 47.6 Å². The van der Waals surface area contributed by atoms with Crippen molar-refractivity contribution in [3.05, 3.63) is 53.6 Å². The van der Waals surface area contributed by atoms with E-state index in [1.54, 1.807) is 23.1 Å². The third-order valence-corrected chi connectivity index (χ3v) is 4.82. The molecule has 162 valence electrons. The van der Waals surface area contributed by atoms with Crippen LogP contribution in [0.4, 0.5) is 5.69 Å². The van der Waals surface area contributed by atoms with Crippen LogP contribution in [0, 0.1) is 0 Å². The zero-order chi connectivity index (χ0) is 22.2. The summed E-state index contributed by atoms with van der Waals surface area (Å²) in [6.45, 7) is 1.97. The summed E-state index contributed by atoms with van der Waals surface area (Å²) in [5.41, 5.74) is 5.17. The molecule has 0 radical (unpaired) electrons. The molecule has 1 aliphatic heterocycles. The first kappa shape index (κ1) is 22.0. The third kappa shape index (κ3) is 5.91. The maximum Gasteiger partial charge on any atom is 0.308 e. The lowest BCUT2D eigenvalue weighted by molar-refractivity contribution is -0.132. The zero-order valence-corrected chi connectivity index (χ0v) is 17.6. The summed E-state index contributed by atoms with van der Waals surface area (Å²) in [4.78, 5) is 37.5. The fourth-order valence-corrected chi connectivity index (χ4v) is 3.39. The number of methoxy groups -OCH3 is 1. The van der Waals surface area contributed by atoms with Gasteiger partial charge in [-0.15, -0.1) is 0 Å². The highest BCUT2D eigenvalue weighted by molar-refractivity contribution is 5.96. The molecule has 0 fully saturated rings. The van der Waals surface area contributed by atoms with Crippen LogP contribution in [0.1, 0.15) is 37.3 Å². The summed E-state index contributed by atoms with van der Waals surface area (Å²) in [5.74, 6) is -0.197. The maximum absolute atomic E-state index is 12.6. The first-order chi connectivity index (χ1) is 15.0. The molecule has 8 heteroatoms. The molecule has 3 rings (SSSR count). The number of hydrazone groups is 1. The number of carbonyl (C=O) groups is 3. The molecule has 31 heavy (non-hydrogen) atoms. The molecule has 0 unspecified atom stereocenters. The number of hydrogen-bond donors (Lipinski definition) is 1. The van der Waals surface area contributed by atoms with E-state index in [2.05, 4.69) is 10.5 Å². The van der Waals surface area contributed by atoms with Crippen molar-refractivity contribution in [3.8, 4) is 11.5 Å². The van der Waals surface area contributed by atoms with Crippen molar-refractivity contribution in [2.75, 3.05) is 18.6 Å². The van der Waals surface area contributed by atoms with Gasteiger partial charge >= 0.3 is 5.97 Å². The van der Waals surface area contributed by atoms with Crippen LogP contribution in [-0.2, 0) is 20.8 Å². The van der Waals surface area contributed by atoms with Gasteiger partial charge in [-0.2, -0.15) is 5.10 Å². The second-order valence-electron chi connectivity index (χ2n) is 7.07. The van der Waals surface area contributed by atoms with E-state index >= 15 is 0 Å². The molecule has 2 aromatic rings. The summed E-state index contributed by atoms with van der Waals surface area (Å²) in [7, 11) is 1.46. The van der Waals surface area contributed by atoms with E-state index < -0.39 is 5.97 Å². The standard InChI is InChI=1S/C23H25N3O5/c1-16(27)31-20-10-9-17(14-21(20)30-2)15-24-25-22(28)11-12-23(29)26-13-5-7-18-6-3-4-8-19(18)26/h3-4,6,8-10,14-15H,5,7,11-13H2,1-2H3,(H,25,28)/b24-15+. The number of nitrogens with one attached hydrogen (secondary N) is 1. The Morgan fingerprint density at radius 3 is 2.71 bits per heavy atom. The third-order valence-electron chi connectivity index (χ3n) is 4.82. The molecule has 0 saturated heterocycles. The summed E-state index contributed by atoms with van der Waals surface area (Å²) in [6.07, 6.45) is 3.48. The van der Waals surface area contributed by atoms with Crippen LogP contribution in [0.3, 0.4) is 0 Å². The summed E-state index contributed by atoms with van der Waals surface area (Å²) >= 11 is 0. The predicted octanol–water partition coefficient (Wildman–Crippen LogP) is 2.83. The van der Waals surface area contributed by atoms with E-state index in [1.165, 1.54) is 20.2 Å². The number of amides is 2. The Kier molecular flexibility index (Phi) is 7.37. The van der Waals surface area contributed by atoms with E-state index in [1.807, 2.05) is 24.3 Å². The number of esters is 1. The number of anilines is 1. The van der Waals surface area contributed by atoms with Crippen LogP contribution in [0.5, 0.6) is 11.5 Å². The quantitative estimate of drug-likeness (QED) is 0.320. The van der Waals surface area contributed by atoms with Gasteiger partial charge in [0.1, 0.15) is 0 Å². The molecule has 0 aromatic heterocycles. The monoisotopic (exact) mass is 423 g/mol. The molecule has 0 aliphatic carbocycles. The van der Waals surface area contributed by atoms with Crippen LogP contribution in [0.25, 0.3) is 0 Å². The lowest BCUT2D eigenvalue weighted by Gasteiger charge is -2.29.